The van der Waals surface area contributed by atoms with Gasteiger partial charge < -0.3 is 10.5 Å². The lowest BCUT2D eigenvalue weighted by Crippen LogP contribution is -2.01. The Morgan fingerprint density at radius 2 is 2.00 bits per heavy atom. The predicted molar refractivity (Wildman–Crippen MR) is 67.7 cm³/mol. The van der Waals surface area contributed by atoms with Crippen LogP contribution in [-0.4, -0.2) is 17.1 Å². The van der Waals surface area contributed by atoms with Gasteiger partial charge in [-0.25, -0.2) is 14.4 Å². The van der Waals surface area contributed by atoms with Crippen LogP contribution in [0.25, 0.3) is 0 Å². The summed E-state index contributed by atoms with van der Waals surface area (Å²) in [5.74, 6) is 0.658. The quantitative estimate of drug-likeness (QED) is 0.861. The van der Waals surface area contributed by atoms with Crippen LogP contribution in [-0.2, 0) is 11.3 Å². The summed E-state index contributed by atoms with van der Waals surface area (Å²) in [6.07, 6.45) is 0. The molecule has 0 spiro atoms. The van der Waals surface area contributed by atoms with E-state index in [4.69, 9.17) is 10.5 Å². The smallest absolute Gasteiger partial charge is 0.157 e. The summed E-state index contributed by atoms with van der Waals surface area (Å²) in [7, 11) is 1.57. The van der Waals surface area contributed by atoms with Crippen LogP contribution in [0, 0.1) is 5.82 Å². The molecule has 4 nitrogen and oxygen atoms in total. The Bertz CT molecular complexity index is 533. The minimum atomic E-state index is -0.262. The fourth-order valence-corrected chi connectivity index (χ4v) is 2.21. The van der Waals surface area contributed by atoms with Gasteiger partial charge in [0.25, 0.3) is 0 Å². The van der Waals surface area contributed by atoms with E-state index in [0.29, 0.717) is 23.3 Å². The lowest BCUT2D eigenvalue weighted by atomic mass is 10.4. The van der Waals surface area contributed by atoms with E-state index in [1.54, 1.807) is 25.3 Å². The highest BCUT2D eigenvalue weighted by Crippen LogP contribution is 2.27. The van der Waals surface area contributed by atoms with Crippen molar-refractivity contribution < 1.29 is 9.13 Å². The Kier molecular flexibility index (Phi) is 4.11. The van der Waals surface area contributed by atoms with Crippen molar-refractivity contribution in [3.8, 4) is 0 Å². The number of ether oxygens (including phenoxy) is 1. The molecule has 0 fully saturated rings. The van der Waals surface area contributed by atoms with Gasteiger partial charge in [-0.1, -0.05) is 11.8 Å². The van der Waals surface area contributed by atoms with Gasteiger partial charge in [-0.2, -0.15) is 0 Å². The normalized spacial score (nSPS) is 10.6. The Labute approximate surface area is 108 Å². The Morgan fingerprint density at radius 1 is 1.28 bits per heavy atom. The number of aromatic nitrogens is 2. The first-order valence-electron chi connectivity index (χ1n) is 5.23. The number of hydrogen-bond donors (Lipinski definition) is 1. The van der Waals surface area contributed by atoms with Gasteiger partial charge in [0.15, 0.2) is 5.82 Å². The zero-order valence-corrected chi connectivity index (χ0v) is 10.6. The number of nitrogens with zero attached hydrogens (tertiary/aromatic N) is 2. The van der Waals surface area contributed by atoms with E-state index < -0.39 is 0 Å². The van der Waals surface area contributed by atoms with Crippen LogP contribution in [0.5, 0.6) is 0 Å². The van der Waals surface area contributed by atoms with E-state index in [0.717, 1.165) is 4.90 Å². The average Bonchev–Trinajstić information content (AvgIpc) is 2.32. The van der Waals surface area contributed by atoms with Crippen LogP contribution >= 0.6 is 11.8 Å². The van der Waals surface area contributed by atoms with Crippen molar-refractivity contribution in [1.82, 2.24) is 9.97 Å². The van der Waals surface area contributed by atoms with Crippen LogP contribution in [0.3, 0.4) is 0 Å². The first kappa shape index (κ1) is 12.8. The number of methoxy groups -OCH3 is 1. The van der Waals surface area contributed by atoms with Gasteiger partial charge in [0.2, 0.25) is 0 Å². The van der Waals surface area contributed by atoms with Gasteiger partial charge in [0, 0.05) is 18.1 Å². The van der Waals surface area contributed by atoms with Crippen molar-refractivity contribution in [2.45, 2.75) is 16.5 Å². The lowest BCUT2D eigenvalue weighted by molar-refractivity contribution is 0.177. The zero-order chi connectivity index (χ0) is 13.0. The summed E-state index contributed by atoms with van der Waals surface area (Å²) >= 11 is 1.40. The van der Waals surface area contributed by atoms with Gasteiger partial charge in [0.05, 0.1) is 0 Å². The molecule has 1 aromatic carbocycles. The average molecular weight is 265 g/mol. The van der Waals surface area contributed by atoms with Gasteiger partial charge in [-0.3, -0.25) is 0 Å². The van der Waals surface area contributed by atoms with Crippen molar-refractivity contribution in [2.24, 2.45) is 0 Å². The van der Waals surface area contributed by atoms with Crippen molar-refractivity contribution >= 4 is 17.6 Å². The highest BCUT2D eigenvalue weighted by Gasteiger charge is 2.04. The van der Waals surface area contributed by atoms with E-state index in [-0.39, 0.29) is 5.82 Å². The maximum Gasteiger partial charge on any atom is 0.157 e. The van der Waals surface area contributed by atoms with E-state index in [2.05, 4.69) is 9.97 Å². The van der Waals surface area contributed by atoms with Gasteiger partial charge in [-0.15, -0.1) is 0 Å². The third kappa shape index (κ3) is 3.41. The third-order valence-electron chi connectivity index (χ3n) is 2.08. The summed E-state index contributed by atoms with van der Waals surface area (Å²) in [6.45, 7) is 0.308. The zero-order valence-electron chi connectivity index (χ0n) is 9.76. The Hall–Kier alpha value is -1.66. The van der Waals surface area contributed by atoms with Gasteiger partial charge in [0.1, 0.15) is 23.3 Å². The summed E-state index contributed by atoms with van der Waals surface area (Å²) in [6, 6.07) is 7.86. The molecular formula is C12H12FN3OS. The molecule has 0 aliphatic heterocycles. The maximum atomic E-state index is 12.8. The van der Waals surface area contributed by atoms with Crippen molar-refractivity contribution in [1.29, 1.82) is 0 Å². The highest BCUT2D eigenvalue weighted by atomic mass is 32.2. The molecule has 2 N–H and O–H groups in total. The molecule has 0 bridgehead atoms. The molecule has 0 radical (unpaired) electrons. The minimum absolute atomic E-state index is 0.262. The van der Waals surface area contributed by atoms with Crippen molar-refractivity contribution in [3.05, 3.63) is 42.0 Å². The number of anilines is 1. The van der Waals surface area contributed by atoms with Gasteiger partial charge >= 0.3 is 0 Å². The Balaban J connectivity index is 2.20. The molecular weight excluding hydrogens is 253 g/mol. The van der Waals surface area contributed by atoms with Crippen molar-refractivity contribution in [3.63, 3.8) is 0 Å². The molecule has 2 aromatic rings. The van der Waals surface area contributed by atoms with E-state index in [9.17, 15) is 4.39 Å². The molecule has 1 heterocycles. The molecule has 0 amide bonds. The number of hydrogen-bond acceptors (Lipinski definition) is 5. The highest BCUT2D eigenvalue weighted by molar-refractivity contribution is 7.99. The van der Waals surface area contributed by atoms with Gasteiger partial charge in [-0.05, 0) is 24.3 Å². The molecule has 0 unspecified atom stereocenters. The second kappa shape index (κ2) is 5.79. The number of benzene rings is 1. The second-order valence-electron chi connectivity index (χ2n) is 3.54. The SMILES string of the molecule is COCc1nc(N)cc(Sc2ccc(F)cc2)n1. The largest absolute Gasteiger partial charge is 0.384 e. The topological polar surface area (TPSA) is 61.0 Å². The first-order valence-corrected chi connectivity index (χ1v) is 6.05. The van der Waals surface area contributed by atoms with Crippen molar-refractivity contribution in [2.75, 3.05) is 12.8 Å². The van der Waals surface area contributed by atoms with E-state index >= 15 is 0 Å². The molecule has 6 heteroatoms. The molecule has 2 rings (SSSR count). The number of nitrogens with two attached hydrogens (primary N) is 1. The fourth-order valence-electron chi connectivity index (χ4n) is 1.36. The van der Waals surface area contributed by atoms with E-state index in [1.807, 2.05) is 0 Å². The molecule has 0 saturated carbocycles. The number of nitrogen functional groups attached to an aromatic ring is 1. The fraction of sp³-hybridized carbons (Fsp3) is 0.167. The molecule has 1 aromatic heterocycles. The standard InChI is InChI=1S/C12H12FN3OS/c1-17-7-11-15-10(14)6-12(16-11)18-9-4-2-8(13)3-5-9/h2-6H,7H2,1H3,(H2,14,15,16). The molecule has 18 heavy (non-hydrogen) atoms. The summed E-state index contributed by atoms with van der Waals surface area (Å²) in [5.41, 5.74) is 5.69. The van der Waals surface area contributed by atoms with Crippen LogP contribution in [0.1, 0.15) is 5.82 Å². The van der Waals surface area contributed by atoms with Crippen LogP contribution < -0.4 is 5.73 Å². The molecule has 94 valence electrons. The molecule has 0 saturated heterocycles. The minimum Gasteiger partial charge on any atom is -0.384 e. The van der Waals surface area contributed by atoms with Crippen LogP contribution in [0.4, 0.5) is 10.2 Å². The maximum absolute atomic E-state index is 12.8. The lowest BCUT2D eigenvalue weighted by Gasteiger charge is -2.05. The monoisotopic (exact) mass is 265 g/mol. The molecule has 0 aliphatic carbocycles. The number of rotatable bonds is 4. The summed E-state index contributed by atoms with van der Waals surface area (Å²) < 4.78 is 17.7. The molecule has 0 aliphatic rings. The Morgan fingerprint density at radius 3 is 2.67 bits per heavy atom. The summed E-state index contributed by atoms with van der Waals surface area (Å²) in [5, 5.41) is 0.709. The van der Waals surface area contributed by atoms with Crippen LogP contribution in [0.15, 0.2) is 40.3 Å². The van der Waals surface area contributed by atoms with E-state index in [1.165, 1.54) is 23.9 Å². The summed E-state index contributed by atoms with van der Waals surface area (Å²) in [4.78, 5) is 9.23. The predicted octanol–water partition coefficient (Wildman–Crippen LogP) is 2.50. The third-order valence-corrected chi connectivity index (χ3v) is 3.00. The first-order chi connectivity index (χ1) is 8.67. The number of halogens is 1. The molecule has 0 atom stereocenters. The second-order valence-corrected chi connectivity index (χ2v) is 4.63. The van der Waals surface area contributed by atoms with Crippen LogP contribution in [0.2, 0.25) is 0 Å².